The van der Waals surface area contributed by atoms with Crippen molar-refractivity contribution in [3.63, 3.8) is 0 Å². The van der Waals surface area contributed by atoms with Crippen molar-refractivity contribution in [2.24, 2.45) is 17.8 Å². The summed E-state index contributed by atoms with van der Waals surface area (Å²) < 4.78 is 0. The predicted octanol–water partition coefficient (Wildman–Crippen LogP) is 2.80. The third kappa shape index (κ3) is 2.59. The third-order valence-electron chi connectivity index (χ3n) is 4.33. The molecular formula is C14H20O3. The van der Waals surface area contributed by atoms with E-state index in [-0.39, 0.29) is 24.0 Å². The minimum atomic E-state index is -0.753. The van der Waals surface area contributed by atoms with E-state index in [0.29, 0.717) is 12.3 Å². The van der Waals surface area contributed by atoms with E-state index in [1.807, 2.05) is 13.0 Å². The smallest absolute Gasteiger partial charge is 0.303 e. The lowest BCUT2D eigenvalue weighted by Gasteiger charge is -2.38. The number of rotatable bonds is 3. The Morgan fingerprint density at radius 2 is 2.24 bits per heavy atom. The highest BCUT2D eigenvalue weighted by Gasteiger charge is 2.37. The Kier molecular flexibility index (Phi) is 3.65. The molecule has 3 atom stereocenters. The molecule has 0 aromatic rings. The van der Waals surface area contributed by atoms with Gasteiger partial charge in [-0.05, 0) is 43.6 Å². The topological polar surface area (TPSA) is 54.4 Å². The summed E-state index contributed by atoms with van der Waals surface area (Å²) in [5.74, 6) is 0.168. The van der Waals surface area contributed by atoms with Crippen LogP contribution in [-0.4, -0.2) is 16.9 Å². The minimum Gasteiger partial charge on any atom is -0.481 e. The van der Waals surface area contributed by atoms with Crippen LogP contribution in [0.4, 0.5) is 0 Å². The Bertz CT molecular complexity index is 356. The van der Waals surface area contributed by atoms with Gasteiger partial charge in [-0.2, -0.15) is 0 Å². The van der Waals surface area contributed by atoms with E-state index in [1.165, 1.54) is 18.4 Å². The molecule has 0 spiro atoms. The fraction of sp³-hybridized carbons (Fsp3) is 0.714. The summed E-state index contributed by atoms with van der Waals surface area (Å²) in [4.78, 5) is 22.6. The molecule has 0 amide bonds. The molecule has 94 valence electrons. The fourth-order valence-electron chi connectivity index (χ4n) is 3.35. The van der Waals surface area contributed by atoms with Crippen molar-refractivity contribution in [1.29, 1.82) is 0 Å². The zero-order valence-corrected chi connectivity index (χ0v) is 10.3. The van der Waals surface area contributed by atoms with Crippen LogP contribution in [0.15, 0.2) is 11.6 Å². The van der Waals surface area contributed by atoms with E-state index in [2.05, 4.69) is 0 Å². The maximum Gasteiger partial charge on any atom is 0.303 e. The summed E-state index contributed by atoms with van der Waals surface area (Å²) in [7, 11) is 0. The van der Waals surface area contributed by atoms with Gasteiger partial charge in [-0.15, -0.1) is 0 Å². The lowest BCUT2D eigenvalue weighted by molar-refractivity contribution is -0.138. The maximum atomic E-state index is 11.9. The van der Waals surface area contributed by atoms with E-state index in [9.17, 15) is 9.59 Å². The molecule has 1 N–H and O–H groups in total. The molecule has 0 radical (unpaired) electrons. The average Bonchev–Trinajstić information content (AvgIpc) is 2.29. The number of allylic oxidation sites excluding steroid dienone is 2. The first-order valence-corrected chi connectivity index (χ1v) is 6.55. The van der Waals surface area contributed by atoms with Crippen LogP contribution in [0.1, 0.15) is 45.4 Å². The van der Waals surface area contributed by atoms with E-state index in [0.717, 1.165) is 12.8 Å². The van der Waals surface area contributed by atoms with Crippen LogP contribution in [0.2, 0.25) is 0 Å². The number of hydrogen-bond donors (Lipinski definition) is 1. The monoisotopic (exact) mass is 236 g/mol. The number of carbonyl (C=O) groups is 2. The number of aliphatic carboxylic acids is 1. The minimum absolute atomic E-state index is 0.00111. The molecular weight excluding hydrogens is 216 g/mol. The van der Waals surface area contributed by atoms with E-state index in [4.69, 9.17) is 5.11 Å². The summed E-state index contributed by atoms with van der Waals surface area (Å²) in [5.41, 5.74) is 1.29. The van der Waals surface area contributed by atoms with Crippen LogP contribution in [0, 0.1) is 17.8 Å². The summed E-state index contributed by atoms with van der Waals surface area (Å²) in [5, 5.41) is 8.79. The van der Waals surface area contributed by atoms with Crippen molar-refractivity contribution < 1.29 is 14.7 Å². The Labute approximate surface area is 102 Å². The zero-order chi connectivity index (χ0) is 12.4. The normalized spacial score (nSPS) is 32.9. The zero-order valence-electron chi connectivity index (χ0n) is 10.3. The van der Waals surface area contributed by atoms with Crippen LogP contribution in [-0.2, 0) is 9.59 Å². The third-order valence-corrected chi connectivity index (χ3v) is 4.33. The van der Waals surface area contributed by atoms with E-state index in [1.54, 1.807) is 0 Å². The molecule has 0 bridgehead atoms. The van der Waals surface area contributed by atoms with Gasteiger partial charge in [0, 0.05) is 12.3 Å². The van der Waals surface area contributed by atoms with Crippen molar-refractivity contribution in [3.8, 4) is 0 Å². The summed E-state index contributed by atoms with van der Waals surface area (Å²) >= 11 is 0. The van der Waals surface area contributed by atoms with Crippen molar-refractivity contribution in [1.82, 2.24) is 0 Å². The summed E-state index contributed by atoms with van der Waals surface area (Å²) in [6.07, 6.45) is 7.23. The molecule has 0 saturated heterocycles. The second kappa shape index (κ2) is 5.03. The average molecular weight is 236 g/mol. The highest BCUT2D eigenvalue weighted by atomic mass is 16.4. The van der Waals surface area contributed by atoms with Crippen LogP contribution < -0.4 is 0 Å². The van der Waals surface area contributed by atoms with Gasteiger partial charge in [-0.1, -0.05) is 18.9 Å². The Hall–Kier alpha value is -1.12. The molecule has 2 aliphatic rings. The second-order valence-corrected chi connectivity index (χ2v) is 5.36. The van der Waals surface area contributed by atoms with Crippen LogP contribution >= 0.6 is 0 Å². The van der Waals surface area contributed by atoms with Crippen LogP contribution in [0.5, 0.6) is 0 Å². The first-order chi connectivity index (χ1) is 8.09. The molecule has 3 heteroatoms. The molecule has 3 nitrogen and oxygen atoms in total. The summed E-state index contributed by atoms with van der Waals surface area (Å²) in [6, 6.07) is 0. The molecule has 1 saturated carbocycles. The molecule has 0 aliphatic heterocycles. The predicted molar refractivity (Wildman–Crippen MR) is 64.6 cm³/mol. The van der Waals surface area contributed by atoms with Gasteiger partial charge < -0.3 is 5.11 Å². The molecule has 0 heterocycles. The van der Waals surface area contributed by atoms with Gasteiger partial charge in [0.2, 0.25) is 0 Å². The lowest BCUT2D eigenvalue weighted by atomic mass is 9.65. The molecule has 0 aromatic heterocycles. The van der Waals surface area contributed by atoms with Crippen molar-refractivity contribution >= 4 is 11.8 Å². The molecule has 0 aromatic carbocycles. The van der Waals surface area contributed by atoms with Gasteiger partial charge in [0.15, 0.2) is 5.78 Å². The maximum absolute atomic E-state index is 11.9. The molecule has 2 aliphatic carbocycles. The number of carboxylic acid groups (broad SMARTS) is 1. The van der Waals surface area contributed by atoms with Gasteiger partial charge in [-0.25, -0.2) is 0 Å². The Morgan fingerprint density at radius 1 is 1.47 bits per heavy atom. The molecule has 17 heavy (non-hydrogen) atoms. The van der Waals surface area contributed by atoms with Crippen molar-refractivity contribution in [2.75, 3.05) is 0 Å². The number of carboxylic acids is 1. The summed E-state index contributed by atoms with van der Waals surface area (Å²) in [6.45, 7) is 1.96. The van der Waals surface area contributed by atoms with Gasteiger partial charge in [0.1, 0.15) is 0 Å². The molecule has 2 rings (SSSR count). The highest BCUT2D eigenvalue weighted by molar-refractivity contribution is 5.93. The number of ketones is 1. The largest absolute Gasteiger partial charge is 0.481 e. The number of carbonyl (C=O) groups excluding carboxylic acids is 1. The van der Waals surface area contributed by atoms with Crippen molar-refractivity contribution in [3.05, 3.63) is 11.6 Å². The van der Waals surface area contributed by atoms with Crippen LogP contribution in [0.25, 0.3) is 0 Å². The standard InChI is InChI=1S/C14H20O3/c1-9-11(6-7-14(16)17)12-5-3-2-4-10(12)8-13(9)15/h8-9,11-12H,2-7H2,1H3,(H,16,17)/t9-,11-,12+/m0/s1. The first kappa shape index (κ1) is 12.3. The quantitative estimate of drug-likeness (QED) is 0.819. The van der Waals surface area contributed by atoms with Gasteiger partial charge in [0.25, 0.3) is 0 Å². The fourth-order valence-corrected chi connectivity index (χ4v) is 3.35. The van der Waals surface area contributed by atoms with Gasteiger partial charge in [0.05, 0.1) is 0 Å². The highest BCUT2D eigenvalue weighted by Crippen LogP contribution is 2.43. The first-order valence-electron chi connectivity index (χ1n) is 6.55. The van der Waals surface area contributed by atoms with E-state index >= 15 is 0 Å². The second-order valence-electron chi connectivity index (χ2n) is 5.36. The number of fused-ring (bicyclic) bond motifs is 1. The lowest BCUT2D eigenvalue weighted by Crippen LogP contribution is -2.34. The Morgan fingerprint density at radius 3 is 2.94 bits per heavy atom. The van der Waals surface area contributed by atoms with Crippen molar-refractivity contribution in [2.45, 2.75) is 45.4 Å². The SMILES string of the molecule is C[C@@H]1C(=O)C=C2CCCC[C@H]2[C@H]1CCC(=O)O. The van der Waals surface area contributed by atoms with Gasteiger partial charge in [-0.3, -0.25) is 9.59 Å². The van der Waals surface area contributed by atoms with Crippen LogP contribution in [0.3, 0.4) is 0 Å². The Balaban J connectivity index is 2.14. The molecule has 1 fully saturated rings. The van der Waals surface area contributed by atoms with Gasteiger partial charge >= 0.3 is 5.97 Å². The molecule has 0 unspecified atom stereocenters. The number of hydrogen-bond acceptors (Lipinski definition) is 2. The van der Waals surface area contributed by atoms with E-state index < -0.39 is 5.97 Å².